The molecule has 0 unspecified atom stereocenters. The van der Waals surface area contributed by atoms with Crippen LogP contribution in [0.3, 0.4) is 0 Å². The van der Waals surface area contributed by atoms with E-state index in [9.17, 15) is 18.0 Å². The van der Waals surface area contributed by atoms with Crippen LogP contribution in [0.4, 0.5) is 11.4 Å². The zero-order valence-electron chi connectivity index (χ0n) is 19.4. The number of sulfone groups is 1. The Bertz CT molecular complexity index is 1510. The number of nitrogens with zero attached hydrogens (tertiary/aromatic N) is 3. The summed E-state index contributed by atoms with van der Waals surface area (Å²) >= 11 is 0. The van der Waals surface area contributed by atoms with E-state index in [-0.39, 0.29) is 29.4 Å². The maximum atomic E-state index is 13.5. The lowest BCUT2D eigenvalue weighted by Gasteiger charge is -2.23. The molecule has 182 valence electrons. The molecule has 1 saturated heterocycles. The van der Waals surface area contributed by atoms with Crippen LogP contribution < -0.4 is 15.4 Å². The molecule has 2 aromatic heterocycles. The van der Waals surface area contributed by atoms with Crippen molar-refractivity contribution in [2.24, 2.45) is 0 Å². The standard InChI is InChI=1S/C24H25N5O5S/c1-12-21-17(24(31)25-15-5-6-20-19(9-15)27-23(30)13(2)34-20)10-18(14-3-4-14)26-22(21)29(28-12)16-7-8-35(32,33)11-16/h5-6,9-10,13-14,16H,3-4,7-8,11H2,1-2H3,(H,25,31)(H,27,30)/t13-,16-/m0/s1. The molecular formula is C24H25N5O5S. The van der Waals surface area contributed by atoms with Gasteiger partial charge in [-0.1, -0.05) is 0 Å². The van der Waals surface area contributed by atoms with Crippen LogP contribution in [0.5, 0.6) is 5.75 Å². The number of hydrogen-bond acceptors (Lipinski definition) is 7. The molecule has 10 nitrogen and oxygen atoms in total. The van der Waals surface area contributed by atoms with Crippen molar-refractivity contribution in [1.82, 2.24) is 14.8 Å². The topological polar surface area (TPSA) is 132 Å². The van der Waals surface area contributed by atoms with Crippen molar-refractivity contribution < 1.29 is 22.7 Å². The van der Waals surface area contributed by atoms with Gasteiger partial charge in [-0.2, -0.15) is 5.10 Å². The molecule has 6 rings (SSSR count). The van der Waals surface area contributed by atoms with Crippen LogP contribution in [0.15, 0.2) is 24.3 Å². The molecule has 1 aromatic carbocycles. The summed E-state index contributed by atoms with van der Waals surface area (Å²) in [5.74, 6) is 0.425. The molecule has 1 saturated carbocycles. The summed E-state index contributed by atoms with van der Waals surface area (Å²) in [6, 6.07) is 6.63. The van der Waals surface area contributed by atoms with Gasteiger partial charge in [-0.25, -0.2) is 18.1 Å². The van der Waals surface area contributed by atoms with Crippen molar-refractivity contribution in [3.63, 3.8) is 0 Å². The van der Waals surface area contributed by atoms with E-state index in [4.69, 9.17) is 9.72 Å². The number of ether oxygens (including phenoxy) is 1. The SMILES string of the molecule is Cc1nn([C@H]2CCS(=O)(=O)C2)c2nc(C3CC3)cc(C(=O)Nc3ccc4c(c3)NC(=O)[C@H](C)O4)c12. The summed E-state index contributed by atoms with van der Waals surface area (Å²) in [4.78, 5) is 30.3. The molecule has 35 heavy (non-hydrogen) atoms. The molecule has 1 aliphatic carbocycles. The van der Waals surface area contributed by atoms with Gasteiger partial charge in [0, 0.05) is 17.3 Å². The third-order valence-electron chi connectivity index (χ3n) is 6.82. The maximum Gasteiger partial charge on any atom is 0.265 e. The lowest BCUT2D eigenvalue weighted by atomic mass is 10.1. The van der Waals surface area contributed by atoms with Gasteiger partial charge in [0.15, 0.2) is 21.6 Å². The van der Waals surface area contributed by atoms with E-state index >= 15 is 0 Å². The molecule has 2 atom stereocenters. The van der Waals surface area contributed by atoms with Gasteiger partial charge in [-0.3, -0.25) is 9.59 Å². The number of amides is 2. The largest absolute Gasteiger partial charge is 0.479 e. The predicted molar refractivity (Wildman–Crippen MR) is 130 cm³/mol. The first kappa shape index (κ1) is 22.0. The van der Waals surface area contributed by atoms with Gasteiger partial charge in [0.2, 0.25) is 0 Å². The third kappa shape index (κ3) is 3.93. The minimum atomic E-state index is -3.11. The van der Waals surface area contributed by atoms with Crippen molar-refractivity contribution in [3.05, 3.63) is 41.2 Å². The average Bonchev–Trinajstić information content (AvgIpc) is 3.52. The normalized spacial score (nSPS) is 23.0. The minimum Gasteiger partial charge on any atom is -0.479 e. The number of pyridine rings is 1. The van der Waals surface area contributed by atoms with Crippen LogP contribution >= 0.6 is 0 Å². The fourth-order valence-corrected chi connectivity index (χ4v) is 6.50. The molecule has 2 amide bonds. The molecule has 3 aliphatic rings. The van der Waals surface area contributed by atoms with Crippen molar-refractivity contribution in [1.29, 1.82) is 0 Å². The van der Waals surface area contributed by atoms with E-state index in [1.165, 1.54) is 0 Å². The Labute approximate surface area is 202 Å². The van der Waals surface area contributed by atoms with Crippen LogP contribution in [-0.2, 0) is 14.6 Å². The molecule has 2 N–H and O–H groups in total. The lowest BCUT2D eigenvalue weighted by molar-refractivity contribution is -0.122. The molecular weight excluding hydrogens is 470 g/mol. The van der Waals surface area contributed by atoms with Crippen LogP contribution in [0.25, 0.3) is 11.0 Å². The quantitative estimate of drug-likeness (QED) is 0.569. The van der Waals surface area contributed by atoms with Crippen LogP contribution in [0.2, 0.25) is 0 Å². The first-order chi connectivity index (χ1) is 16.7. The Morgan fingerprint density at radius 1 is 1.23 bits per heavy atom. The van der Waals surface area contributed by atoms with Gasteiger partial charge in [0.1, 0.15) is 5.75 Å². The predicted octanol–water partition coefficient (Wildman–Crippen LogP) is 2.95. The van der Waals surface area contributed by atoms with Crippen molar-refractivity contribution in [2.75, 3.05) is 22.1 Å². The van der Waals surface area contributed by atoms with E-state index in [1.807, 2.05) is 13.0 Å². The smallest absolute Gasteiger partial charge is 0.265 e. The molecule has 2 fully saturated rings. The Morgan fingerprint density at radius 3 is 2.74 bits per heavy atom. The molecule has 0 bridgehead atoms. The molecule has 11 heteroatoms. The van der Waals surface area contributed by atoms with Gasteiger partial charge >= 0.3 is 0 Å². The number of hydrogen-bond donors (Lipinski definition) is 2. The number of aryl methyl sites for hydroxylation is 1. The fraction of sp³-hybridized carbons (Fsp3) is 0.417. The van der Waals surface area contributed by atoms with E-state index < -0.39 is 15.9 Å². The Morgan fingerprint density at radius 2 is 2.03 bits per heavy atom. The highest BCUT2D eigenvalue weighted by molar-refractivity contribution is 7.91. The summed E-state index contributed by atoms with van der Waals surface area (Å²) in [6.45, 7) is 3.48. The lowest BCUT2D eigenvalue weighted by Crippen LogP contribution is -2.34. The van der Waals surface area contributed by atoms with E-state index in [1.54, 1.807) is 29.8 Å². The van der Waals surface area contributed by atoms with E-state index in [2.05, 4.69) is 15.7 Å². The van der Waals surface area contributed by atoms with Crippen LogP contribution in [0, 0.1) is 6.92 Å². The third-order valence-corrected chi connectivity index (χ3v) is 8.57. The van der Waals surface area contributed by atoms with Gasteiger partial charge in [0.05, 0.1) is 39.9 Å². The van der Waals surface area contributed by atoms with Crippen LogP contribution in [0.1, 0.15) is 59.9 Å². The number of aromatic nitrogens is 3. The summed E-state index contributed by atoms with van der Waals surface area (Å²) in [5, 5.41) is 11.0. The molecule has 2 aliphatic heterocycles. The molecule has 3 aromatic rings. The average molecular weight is 496 g/mol. The van der Waals surface area contributed by atoms with Gasteiger partial charge in [0.25, 0.3) is 11.8 Å². The first-order valence-electron chi connectivity index (χ1n) is 11.7. The summed E-state index contributed by atoms with van der Waals surface area (Å²) in [5.41, 5.74) is 3.47. The molecule has 0 radical (unpaired) electrons. The van der Waals surface area contributed by atoms with Gasteiger partial charge in [-0.05, 0) is 57.4 Å². The second-order valence-electron chi connectivity index (χ2n) is 9.57. The van der Waals surface area contributed by atoms with Crippen molar-refractivity contribution in [2.45, 2.75) is 51.2 Å². The van der Waals surface area contributed by atoms with E-state index in [0.29, 0.717) is 51.8 Å². The minimum absolute atomic E-state index is 0.0294. The number of nitrogens with one attached hydrogen (secondary N) is 2. The monoisotopic (exact) mass is 495 g/mol. The number of benzene rings is 1. The number of carbonyl (C=O) groups is 2. The summed E-state index contributed by atoms with van der Waals surface area (Å²) in [7, 11) is -3.11. The second-order valence-corrected chi connectivity index (χ2v) is 11.8. The molecule has 4 heterocycles. The number of anilines is 2. The zero-order chi connectivity index (χ0) is 24.5. The first-order valence-corrected chi connectivity index (χ1v) is 13.5. The highest BCUT2D eigenvalue weighted by Crippen LogP contribution is 2.41. The fourth-order valence-electron chi connectivity index (χ4n) is 4.81. The van der Waals surface area contributed by atoms with Crippen molar-refractivity contribution in [3.8, 4) is 5.75 Å². The number of fused-ring (bicyclic) bond motifs is 2. The maximum absolute atomic E-state index is 13.5. The Kier molecular flexibility index (Phi) is 4.89. The zero-order valence-corrected chi connectivity index (χ0v) is 20.2. The number of carbonyl (C=O) groups excluding carboxylic acids is 2. The Balaban J connectivity index is 1.38. The Hall–Kier alpha value is -3.47. The van der Waals surface area contributed by atoms with Gasteiger partial charge in [-0.15, -0.1) is 0 Å². The van der Waals surface area contributed by atoms with E-state index in [0.717, 1.165) is 18.5 Å². The number of rotatable bonds is 4. The van der Waals surface area contributed by atoms with Gasteiger partial charge < -0.3 is 15.4 Å². The van der Waals surface area contributed by atoms with Crippen LogP contribution in [-0.4, -0.2) is 52.6 Å². The molecule has 0 spiro atoms. The summed E-state index contributed by atoms with van der Waals surface area (Å²) in [6.07, 6.45) is 1.92. The highest BCUT2D eigenvalue weighted by Gasteiger charge is 2.34. The highest BCUT2D eigenvalue weighted by atomic mass is 32.2. The van der Waals surface area contributed by atoms with Crippen molar-refractivity contribution >= 4 is 44.1 Å². The summed E-state index contributed by atoms with van der Waals surface area (Å²) < 4.78 is 31.5. The second kappa shape index (κ2) is 7.77.